The molecule has 1 amide bonds. The van der Waals surface area contributed by atoms with Crippen molar-refractivity contribution in [1.82, 2.24) is 5.32 Å². The molecule has 0 spiro atoms. The number of hydrogen-bond acceptors (Lipinski definition) is 3. The first-order chi connectivity index (χ1) is 7.24. The highest BCUT2D eigenvalue weighted by Gasteiger charge is 2.06. The molecule has 0 aliphatic rings. The van der Waals surface area contributed by atoms with E-state index in [1.165, 1.54) is 11.3 Å². The monoisotopic (exact) mass is 239 g/mol. The molecule has 0 saturated carbocycles. The SMILES string of the molecule is C#CCCCCNC(=O)c1cc(S)cs1. The molecule has 15 heavy (non-hydrogen) atoms. The topological polar surface area (TPSA) is 29.1 Å². The van der Waals surface area contributed by atoms with Crippen molar-refractivity contribution in [2.24, 2.45) is 0 Å². The lowest BCUT2D eigenvalue weighted by Gasteiger charge is -2.01. The van der Waals surface area contributed by atoms with E-state index < -0.39 is 0 Å². The normalized spacial score (nSPS) is 9.60. The number of unbranched alkanes of at least 4 members (excludes halogenated alkanes) is 2. The molecule has 0 bridgehead atoms. The first-order valence-corrected chi connectivity index (χ1v) is 6.06. The second-order valence-corrected chi connectivity index (χ2v) is 4.51. The largest absolute Gasteiger partial charge is 0.351 e. The predicted molar refractivity (Wildman–Crippen MR) is 66.6 cm³/mol. The van der Waals surface area contributed by atoms with E-state index >= 15 is 0 Å². The summed E-state index contributed by atoms with van der Waals surface area (Å²) in [4.78, 5) is 13.1. The number of thiol groups is 1. The quantitative estimate of drug-likeness (QED) is 0.461. The Balaban J connectivity index is 2.23. The Morgan fingerprint density at radius 1 is 1.60 bits per heavy atom. The van der Waals surface area contributed by atoms with Crippen molar-refractivity contribution in [3.63, 3.8) is 0 Å². The number of terminal acetylenes is 1. The van der Waals surface area contributed by atoms with Gasteiger partial charge in [0.2, 0.25) is 0 Å². The summed E-state index contributed by atoms with van der Waals surface area (Å²) in [5, 5.41) is 4.68. The predicted octanol–water partition coefficient (Wildman–Crippen LogP) is 2.57. The van der Waals surface area contributed by atoms with E-state index in [1.807, 2.05) is 5.38 Å². The minimum absolute atomic E-state index is 0.0268. The molecule has 1 aromatic rings. The summed E-state index contributed by atoms with van der Waals surface area (Å²) in [6.07, 6.45) is 7.78. The van der Waals surface area contributed by atoms with Crippen molar-refractivity contribution < 1.29 is 4.79 Å². The van der Waals surface area contributed by atoms with Crippen LogP contribution < -0.4 is 5.32 Å². The van der Waals surface area contributed by atoms with Crippen molar-refractivity contribution >= 4 is 29.9 Å². The maximum absolute atomic E-state index is 11.5. The standard InChI is InChI=1S/C11H13NOS2/c1-2-3-4-5-6-12-11(13)10-7-9(14)8-15-10/h1,7-8,14H,3-6H2,(H,12,13). The number of rotatable bonds is 5. The van der Waals surface area contributed by atoms with Crippen molar-refractivity contribution in [3.8, 4) is 12.3 Å². The number of carbonyl (C=O) groups excluding carboxylic acids is 1. The molecule has 0 fully saturated rings. The fourth-order valence-electron chi connectivity index (χ4n) is 1.09. The van der Waals surface area contributed by atoms with E-state index in [4.69, 9.17) is 6.42 Å². The molecule has 1 heterocycles. The molecular weight excluding hydrogens is 226 g/mol. The van der Waals surface area contributed by atoms with Gasteiger partial charge in [0.25, 0.3) is 5.91 Å². The van der Waals surface area contributed by atoms with Gasteiger partial charge in [-0.2, -0.15) is 0 Å². The molecule has 1 rings (SSSR count). The molecule has 0 aliphatic carbocycles. The number of amides is 1. The maximum atomic E-state index is 11.5. The molecule has 80 valence electrons. The lowest BCUT2D eigenvalue weighted by Crippen LogP contribution is -2.23. The Bertz CT molecular complexity index is 365. The maximum Gasteiger partial charge on any atom is 0.261 e. The van der Waals surface area contributed by atoms with Crippen LogP contribution in [0, 0.1) is 12.3 Å². The molecule has 1 N–H and O–H groups in total. The summed E-state index contributed by atoms with van der Waals surface area (Å²) in [6, 6.07) is 1.77. The highest BCUT2D eigenvalue weighted by molar-refractivity contribution is 7.80. The van der Waals surface area contributed by atoms with Gasteiger partial charge in [-0.15, -0.1) is 36.3 Å². The molecule has 0 saturated heterocycles. The molecule has 0 atom stereocenters. The van der Waals surface area contributed by atoms with Crippen LogP contribution in [0.1, 0.15) is 28.9 Å². The van der Waals surface area contributed by atoms with Crippen LogP contribution >= 0.6 is 24.0 Å². The summed E-state index contributed by atoms with van der Waals surface area (Å²) in [7, 11) is 0. The lowest BCUT2D eigenvalue weighted by atomic mass is 10.2. The number of nitrogens with one attached hydrogen (secondary N) is 1. The number of carbonyl (C=O) groups is 1. The van der Waals surface area contributed by atoms with Crippen LogP contribution in [0.5, 0.6) is 0 Å². The summed E-state index contributed by atoms with van der Waals surface area (Å²) in [6.45, 7) is 0.681. The van der Waals surface area contributed by atoms with Crippen LogP contribution in [-0.4, -0.2) is 12.5 Å². The summed E-state index contributed by atoms with van der Waals surface area (Å²) >= 11 is 5.55. The van der Waals surface area contributed by atoms with Crippen molar-refractivity contribution in [1.29, 1.82) is 0 Å². The molecule has 4 heteroatoms. The molecule has 0 unspecified atom stereocenters. The summed E-state index contributed by atoms with van der Waals surface area (Å²) in [5.41, 5.74) is 0. The Labute approximate surface area is 99.5 Å². The van der Waals surface area contributed by atoms with Crippen LogP contribution in [0.2, 0.25) is 0 Å². The smallest absolute Gasteiger partial charge is 0.261 e. The van der Waals surface area contributed by atoms with Crippen LogP contribution in [-0.2, 0) is 0 Å². The van der Waals surface area contributed by atoms with E-state index in [9.17, 15) is 4.79 Å². The summed E-state index contributed by atoms with van der Waals surface area (Å²) in [5.74, 6) is 2.54. The van der Waals surface area contributed by atoms with Crippen LogP contribution in [0.4, 0.5) is 0 Å². The van der Waals surface area contributed by atoms with Crippen LogP contribution in [0.3, 0.4) is 0 Å². The van der Waals surface area contributed by atoms with Gasteiger partial charge in [-0.1, -0.05) is 0 Å². The third-order valence-electron chi connectivity index (χ3n) is 1.84. The molecule has 2 nitrogen and oxygen atoms in total. The van der Waals surface area contributed by atoms with E-state index in [0.717, 1.165) is 24.2 Å². The Hall–Kier alpha value is -0.920. The van der Waals surface area contributed by atoms with E-state index in [2.05, 4.69) is 23.9 Å². The van der Waals surface area contributed by atoms with Gasteiger partial charge in [-0.05, 0) is 18.9 Å². The van der Waals surface area contributed by atoms with Crippen LogP contribution in [0.15, 0.2) is 16.3 Å². The molecule has 0 aliphatic heterocycles. The fourth-order valence-corrected chi connectivity index (χ4v) is 2.15. The Morgan fingerprint density at radius 3 is 3.00 bits per heavy atom. The average Bonchev–Trinajstić information content (AvgIpc) is 2.64. The van der Waals surface area contributed by atoms with Crippen molar-refractivity contribution in [2.75, 3.05) is 6.54 Å². The zero-order valence-electron chi connectivity index (χ0n) is 8.32. The van der Waals surface area contributed by atoms with E-state index in [1.54, 1.807) is 6.07 Å². The molecule has 0 aromatic carbocycles. The minimum atomic E-state index is -0.0268. The third kappa shape index (κ3) is 4.41. The van der Waals surface area contributed by atoms with Gasteiger partial charge in [-0.25, -0.2) is 0 Å². The lowest BCUT2D eigenvalue weighted by molar-refractivity contribution is 0.0957. The first-order valence-electron chi connectivity index (χ1n) is 4.73. The zero-order valence-corrected chi connectivity index (χ0v) is 10.0. The van der Waals surface area contributed by atoms with E-state index in [-0.39, 0.29) is 5.91 Å². The van der Waals surface area contributed by atoms with Gasteiger partial charge in [0.15, 0.2) is 0 Å². The highest BCUT2D eigenvalue weighted by atomic mass is 32.1. The van der Waals surface area contributed by atoms with Gasteiger partial charge in [-0.3, -0.25) is 4.79 Å². The Kier molecular flexibility index (Phi) is 5.30. The highest BCUT2D eigenvalue weighted by Crippen LogP contribution is 2.17. The minimum Gasteiger partial charge on any atom is -0.351 e. The zero-order chi connectivity index (χ0) is 11.1. The van der Waals surface area contributed by atoms with Gasteiger partial charge in [0.1, 0.15) is 0 Å². The molecule has 0 radical (unpaired) electrons. The van der Waals surface area contributed by atoms with Gasteiger partial charge < -0.3 is 5.32 Å². The van der Waals surface area contributed by atoms with Gasteiger partial charge in [0.05, 0.1) is 4.88 Å². The van der Waals surface area contributed by atoms with Gasteiger partial charge in [0, 0.05) is 23.2 Å². The fraction of sp³-hybridized carbons (Fsp3) is 0.364. The van der Waals surface area contributed by atoms with Crippen molar-refractivity contribution in [2.45, 2.75) is 24.2 Å². The Morgan fingerprint density at radius 2 is 2.40 bits per heavy atom. The van der Waals surface area contributed by atoms with E-state index in [0.29, 0.717) is 11.4 Å². The van der Waals surface area contributed by atoms with Crippen LogP contribution in [0.25, 0.3) is 0 Å². The van der Waals surface area contributed by atoms with Gasteiger partial charge >= 0.3 is 0 Å². The average molecular weight is 239 g/mol. The number of hydrogen-bond donors (Lipinski definition) is 2. The second-order valence-electron chi connectivity index (χ2n) is 3.09. The number of thiophene rings is 1. The van der Waals surface area contributed by atoms with Crippen molar-refractivity contribution in [3.05, 3.63) is 16.3 Å². The molecular formula is C11H13NOS2. The second kappa shape index (κ2) is 6.54. The summed E-state index contributed by atoms with van der Waals surface area (Å²) < 4.78 is 0. The first kappa shape index (κ1) is 12.2. The molecule has 1 aromatic heterocycles. The third-order valence-corrected chi connectivity index (χ3v) is 3.20.